The molecule has 414 valence electrons. The summed E-state index contributed by atoms with van der Waals surface area (Å²) in [5, 5.41) is 23.1. The van der Waals surface area contributed by atoms with Crippen molar-refractivity contribution >= 4 is 11.9 Å². The number of carbonyl (C=O) groups excluding carboxylic acids is 2. The van der Waals surface area contributed by atoms with Crippen LogP contribution in [0.1, 0.15) is 348 Å². The van der Waals surface area contributed by atoms with Crippen LogP contribution >= 0.6 is 0 Å². The Bertz CT molecular complexity index is 1090. The number of aliphatic hydroxyl groups excluding tert-OH is 2. The molecule has 2 atom stereocenters. The average Bonchev–Trinajstić information content (AvgIpc) is 3.36. The molecule has 0 aliphatic carbocycles. The minimum Gasteiger partial charge on any atom is -0.466 e. The molecular weight excluding hydrogens is 863 g/mol. The molecule has 6 heteroatoms. The van der Waals surface area contributed by atoms with Crippen LogP contribution in [0, 0.1) is 0 Å². The van der Waals surface area contributed by atoms with E-state index in [1.807, 2.05) is 6.08 Å². The summed E-state index contributed by atoms with van der Waals surface area (Å²) in [6.45, 7) is 4.91. The van der Waals surface area contributed by atoms with Gasteiger partial charge in [-0.05, 0) is 57.8 Å². The Hall–Kier alpha value is -1.66. The van der Waals surface area contributed by atoms with Gasteiger partial charge in [0.1, 0.15) is 0 Å². The van der Waals surface area contributed by atoms with Crippen LogP contribution in [-0.4, -0.2) is 47.4 Å². The van der Waals surface area contributed by atoms with Gasteiger partial charge in [-0.15, -0.1) is 0 Å². The molecular formula is C64H123NO5. The fourth-order valence-corrected chi connectivity index (χ4v) is 9.87. The Morgan fingerprint density at radius 2 is 0.671 bits per heavy atom. The number of rotatable bonds is 59. The first kappa shape index (κ1) is 68.3. The number of aliphatic hydroxyl groups is 2. The number of unbranched alkanes of at least 4 members (excludes halogenated alkanes) is 46. The van der Waals surface area contributed by atoms with Crippen LogP contribution in [0.5, 0.6) is 0 Å². The molecule has 0 rings (SSSR count). The van der Waals surface area contributed by atoms with Crippen molar-refractivity contribution in [2.75, 3.05) is 13.2 Å². The number of hydrogen-bond acceptors (Lipinski definition) is 5. The maximum atomic E-state index is 12.5. The zero-order chi connectivity index (χ0) is 50.7. The van der Waals surface area contributed by atoms with E-state index in [0.717, 1.165) is 57.8 Å². The highest BCUT2D eigenvalue weighted by atomic mass is 16.5. The van der Waals surface area contributed by atoms with Crippen molar-refractivity contribution in [2.45, 2.75) is 360 Å². The summed E-state index contributed by atoms with van der Waals surface area (Å²) < 4.78 is 5.49. The van der Waals surface area contributed by atoms with Gasteiger partial charge >= 0.3 is 5.97 Å². The third kappa shape index (κ3) is 55.7. The van der Waals surface area contributed by atoms with Crippen molar-refractivity contribution in [3.63, 3.8) is 0 Å². The molecule has 0 aromatic rings. The van der Waals surface area contributed by atoms with Crippen molar-refractivity contribution in [2.24, 2.45) is 0 Å². The molecule has 0 saturated carbocycles. The Morgan fingerprint density at radius 1 is 0.386 bits per heavy atom. The van der Waals surface area contributed by atoms with Crippen molar-refractivity contribution in [3.05, 3.63) is 24.3 Å². The number of amides is 1. The maximum absolute atomic E-state index is 12.5. The molecule has 0 spiro atoms. The Kier molecular flexibility index (Phi) is 58.5. The van der Waals surface area contributed by atoms with Crippen molar-refractivity contribution in [1.82, 2.24) is 5.32 Å². The number of ether oxygens (including phenoxy) is 1. The van der Waals surface area contributed by atoms with E-state index in [-0.39, 0.29) is 18.5 Å². The van der Waals surface area contributed by atoms with E-state index in [1.54, 1.807) is 6.08 Å². The van der Waals surface area contributed by atoms with Gasteiger partial charge in [-0.25, -0.2) is 0 Å². The normalized spacial score (nSPS) is 12.7. The lowest BCUT2D eigenvalue weighted by atomic mass is 10.0. The second-order valence-corrected chi connectivity index (χ2v) is 21.7. The monoisotopic (exact) mass is 986 g/mol. The summed E-state index contributed by atoms with van der Waals surface area (Å²) in [5.41, 5.74) is 0. The number of hydrogen-bond donors (Lipinski definition) is 3. The minimum atomic E-state index is -0.852. The second-order valence-electron chi connectivity index (χ2n) is 21.7. The molecule has 0 heterocycles. The summed E-state index contributed by atoms with van der Waals surface area (Å²) in [4.78, 5) is 24.6. The highest BCUT2D eigenvalue weighted by molar-refractivity contribution is 5.76. The number of nitrogens with one attached hydrogen (secondary N) is 1. The number of carbonyl (C=O) groups is 2. The summed E-state index contributed by atoms with van der Waals surface area (Å²) >= 11 is 0. The molecule has 0 aliphatic heterocycles. The molecule has 70 heavy (non-hydrogen) atoms. The molecule has 0 radical (unpaired) electrons. The summed E-state index contributed by atoms with van der Waals surface area (Å²) in [6.07, 6.45) is 73.6. The largest absolute Gasteiger partial charge is 0.466 e. The topological polar surface area (TPSA) is 95.9 Å². The first-order valence-electron chi connectivity index (χ1n) is 31.6. The molecule has 2 unspecified atom stereocenters. The van der Waals surface area contributed by atoms with Crippen LogP contribution < -0.4 is 5.32 Å². The van der Waals surface area contributed by atoms with Gasteiger partial charge in [-0.1, -0.05) is 301 Å². The van der Waals surface area contributed by atoms with E-state index in [1.165, 1.54) is 263 Å². The number of esters is 1. The minimum absolute atomic E-state index is 0.00252. The predicted octanol–water partition coefficient (Wildman–Crippen LogP) is 19.8. The van der Waals surface area contributed by atoms with E-state index >= 15 is 0 Å². The van der Waals surface area contributed by atoms with Gasteiger partial charge < -0.3 is 20.3 Å². The summed E-state index contributed by atoms with van der Waals surface area (Å²) in [7, 11) is 0. The SMILES string of the molecule is CCCCCCCCCCCCCCCCC/C=C/C(O)C(CO)NC(=O)CCCCCCCCC/C=C\CCCCCCCCOC(=O)CCCCCCCCCCCCCCCCCCCCC. The average molecular weight is 987 g/mol. The number of allylic oxidation sites excluding steroid dienone is 3. The molecule has 6 nitrogen and oxygen atoms in total. The van der Waals surface area contributed by atoms with Gasteiger partial charge in [0.15, 0.2) is 0 Å². The van der Waals surface area contributed by atoms with Crippen LogP contribution in [0.3, 0.4) is 0 Å². The van der Waals surface area contributed by atoms with Gasteiger partial charge in [-0.2, -0.15) is 0 Å². The zero-order valence-corrected chi connectivity index (χ0v) is 47.3. The van der Waals surface area contributed by atoms with Gasteiger partial charge in [0, 0.05) is 12.8 Å². The Labute approximate surface area is 437 Å². The molecule has 0 saturated heterocycles. The van der Waals surface area contributed by atoms with E-state index in [9.17, 15) is 19.8 Å². The lowest BCUT2D eigenvalue weighted by Crippen LogP contribution is -2.45. The van der Waals surface area contributed by atoms with Gasteiger partial charge in [0.2, 0.25) is 5.91 Å². The Balaban J connectivity index is 3.45. The van der Waals surface area contributed by atoms with Crippen molar-refractivity contribution in [3.8, 4) is 0 Å². The van der Waals surface area contributed by atoms with E-state index < -0.39 is 12.1 Å². The molecule has 0 aliphatic rings. The smallest absolute Gasteiger partial charge is 0.305 e. The van der Waals surface area contributed by atoms with Gasteiger partial charge in [0.25, 0.3) is 0 Å². The highest BCUT2D eigenvalue weighted by Crippen LogP contribution is 2.18. The quantitative estimate of drug-likeness (QED) is 0.0321. The van der Waals surface area contributed by atoms with Crippen LogP contribution in [0.4, 0.5) is 0 Å². The third-order valence-electron chi connectivity index (χ3n) is 14.7. The first-order valence-corrected chi connectivity index (χ1v) is 31.6. The van der Waals surface area contributed by atoms with Gasteiger partial charge in [-0.3, -0.25) is 9.59 Å². The van der Waals surface area contributed by atoms with Crippen LogP contribution in [0.2, 0.25) is 0 Å². The molecule has 0 aromatic carbocycles. The van der Waals surface area contributed by atoms with Crippen LogP contribution in [0.15, 0.2) is 24.3 Å². The van der Waals surface area contributed by atoms with Crippen LogP contribution in [0.25, 0.3) is 0 Å². The predicted molar refractivity (Wildman–Crippen MR) is 306 cm³/mol. The summed E-state index contributed by atoms with van der Waals surface area (Å²) in [5.74, 6) is -0.0751. The van der Waals surface area contributed by atoms with E-state index in [2.05, 4.69) is 31.3 Å². The lowest BCUT2D eigenvalue weighted by molar-refractivity contribution is -0.143. The standard InChI is InChI=1S/C64H123NO5/c1-3-5-7-9-11-13-15-17-19-21-22-26-30-34-38-42-46-50-54-58-64(69)70-59-55-51-47-43-39-35-31-27-23-25-29-33-37-41-45-49-53-57-63(68)65-61(60-66)62(67)56-52-48-44-40-36-32-28-24-20-18-16-14-12-10-8-6-4-2/h23,27,52,56,61-62,66-67H,3-22,24-26,28-51,53-55,57-60H2,1-2H3,(H,65,68)/b27-23-,56-52+. The second kappa shape index (κ2) is 59.9. The fraction of sp³-hybridized carbons (Fsp3) is 0.906. The van der Waals surface area contributed by atoms with Crippen LogP contribution in [-0.2, 0) is 14.3 Å². The first-order chi connectivity index (χ1) is 34.5. The van der Waals surface area contributed by atoms with Crippen molar-refractivity contribution in [1.29, 1.82) is 0 Å². The molecule has 0 fully saturated rings. The molecule has 3 N–H and O–H groups in total. The fourth-order valence-electron chi connectivity index (χ4n) is 9.87. The van der Waals surface area contributed by atoms with Crippen molar-refractivity contribution < 1.29 is 24.5 Å². The third-order valence-corrected chi connectivity index (χ3v) is 14.7. The molecule has 1 amide bonds. The van der Waals surface area contributed by atoms with Gasteiger partial charge in [0.05, 0.1) is 25.4 Å². The maximum Gasteiger partial charge on any atom is 0.305 e. The molecule has 0 aromatic heterocycles. The van der Waals surface area contributed by atoms with E-state index in [0.29, 0.717) is 19.4 Å². The zero-order valence-electron chi connectivity index (χ0n) is 47.3. The Morgan fingerprint density at radius 3 is 1.01 bits per heavy atom. The van der Waals surface area contributed by atoms with E-state index in [4.69, 9.17) is 4.74 Å². The summed E-state index contributed by atoms with van der Waals surface area (Å²) in [6, 6.07) is -0.637. The molecule has 0 bridgehead atoms. The highest BCUT2D eigenvalue weighted by Gasteiger charge is 2.18. The lowest BCUT2D eigenvalue weighted by Gasteiger charge is -2.20.